The van der Waals surface area contributed by atoms with E-state index in [1.54, 1.807) is 0 Å². The second-order valence-corrected chi connectivity index (χ2v) is 5.63. The molecule has 1 nitrogen and oxygen atoms in total. The monoisotopic (exact) mass is 301 g/mol. The zero-order valence-electron chi connectivity index (χ0n) is 8.45. The molecule has 0 aromatic heterocycles. The first-order valence-corrected chi connectivity index (χ1v) is 6.38. The van der Waals surface area contributed by atoms with Crippen LogP contribution in [0.1, 0.15) is 33.6 Å². The summed E-state index contributed by atoms with van der Waals surface area (Å²) < 4.78 is 1.14. The van der Waals surface area contributed by atoms with Crippen molar-refractivity contribution in [1.82, 2.24) is 5.32 Å². The Kier molecular flexibility index (Phi) is 5.49. The van der Waals surface area contributed by atoms with Gasteiger partial charge in [0.1, 0.15) is 0 Å². The molecule has 1 N–H and O–H groups in total. The van der Waals surface area contributed by atoms with Crippen molar-refractivity contribution in [1.29, 1.82) is 0 Å². The summed E-state index contributed by atoms with van der Waals surface area (Å²) in [5, 5.41) is 3.33. The third-order valence-electron chi connectivity index (χ3n) is 2.87. The number of hydrogen-bond donors (Lipinski definition) is 2. The average molecular weight is 301 g/mol. The highest BCUT2D eigenvalue weighted by molar-refractivity contribution is 14.1. The van der Waals surface area contributed by atoms with E-state index in [0.717, 1.165) is 17.3 Å². The molecule has 74 valence electrons. The molecule has 0 aliphatic heterocycles. The van der Waals surface area contributed by atoms with E-state index in [0.29, 0.717) is 0 Å². The van der Waals surface area contributed by atoms with Gasteiger partial charge in [0.05, 0.1) is 4.87 Å². The fourth-order valence-electron chi connectivity index (χ4n) is 1.23. The molecule has 1 atom stereocenters. The van der Waals surface area contributed by atoms with Crippen LogP contribution in [0, 0.1) is 5.41 Å². The van der Waals surface area contributed by atoms with E-state index in [1.807, 2.05) is 7.05 Å². The van der Waals surface area contributed by atoms with Crippen molar-refractivity contribution in [2.45, 2.75) is 38.5 Å². The van der Waals surface area contributed by atoms with Crippen LogP contribution in [0.25, 0.3) is 0 Å². The van der Waals surface area contributed by atoms with Crippen molar-refractivity contribution in [2.24, 2.45) is 5.41 Å². The van der Waals surface area contributed by atoms with Crippen LogP contribution in [0.2, 0.25) is 0 Å². The smallest absolute Gasteiger partial charge is 0.0671 e. The average Bonchev–Trinajstić information content (AvgIpc) is 2.04. The van der Waals surface area contributed by atoms with Crippen LogP contribution < -0.4 is 5.32 Å². The molecule has 0 rings (SSSR count). The van der Waals surface area contributed by atoms with Gasteiger partial charge in [0.2, 0.25) is 0 Å². The van der Waals surface area contributed by atoms with E-state index in [1.165, 1.54) is 0 Å². The molecule has 0 fully saturated rings. The normalized spacial score (nSPS) is 17.5. The molecule has 0 heterocycles. The molecule has 0 spiro atoms. The van der Waals surface area contributed by atoms with Crippen molar-refractivity contribution in [3.05, 3.63) is 0 Å². The number of rotatable bonds is 5. The predicted octanol–water partition coefficient (Wildman–Crippen LogP) is 3.09. The van der Waals surface area contributed by atoms with Gasteiger partial charge >= 0.3 is 0 Å². The van der Waals surface area contributed by atoms with Crippen molar-refractivity contribution in [3.8, 4) is 0 Å². The minimum Gasteiger partial charge on any atom is -0.306 e. The maximum Gasteiger partial charge on any atom is 0.0671 e. The van der Waals surface area contributed by atoms with Crippen LogP contribution in [0.3, 0.4) is 0 Å². The number of halogens is 1. The maximum atomic E-state index is 4.74. The summed E-state index contributed by atoms with van der Waals surface area (Å²) in [6, 6.07) is 0. The largest absolute Gasteiger partial charge is 0.306 e. The first kappa shape index (κ1) is 13.0. The van der Waals surface area contributed by atoms with Gasteiger partial charge in [0, 0.05) is 4.43 Å². The highest BCUT2D eigenvalue weighted by Crippen LogP contribution is 2.39. The lowest BCUT2D eigenvalue weighted by molar-refractivity contribution is 0.209. The first-order chi connectivity index (χ1) is 5.43. The molecule has 0 aliphatic rings. The molecule has 0 aromatic carbocycles. The van der Waals surface area contributed by atoms with Crippen LogP contribution in [-0.4, -0.2) is 16.3 Å². The number of alkyl halides is 1. The van der Waals surface area contributed by atoms with E-state index in [2.05, 4.69) is 48.7 Å². The highest BCUT2D eigenvalue weighted by atomic mass is 127. The minimum absolute atomic E-state index is 0.0249. The van der Waals surface area contributed by atoms with Gasteiger partial charge in [0.15, 0.2) is 0 Å². The van der Waals surface area contributed by atoms with Crippen molar-refractivity contribution >= 4 is 35.2 Å². The van der Waals surface area contributed by atoms with Gasteiger partial charge in [-0.1, -0.05) is 43.4 Å². The molecule has 0 aliphatic carbocycles. The minimum atomic E-state index is -0.0249. The van der Waals surface area contributed by atoms with Gasteiger partial charge in [-0.15, -0.1) is 0 Å². The predicted molar refractivity (Wildman–Crippen MR) is 68.4 cm³/mol. The van der Waals surface area contributed by atoms with Gasteiger partial charge in [-0.25, -0.2) is 0 Å². The Morgan fingerprint density at radius 2 is 1.92 bits per heavy atom. The van der Waals surface area contributed by atoms with Crippen LogP contribution >= 0.6 is 35.2 Å². The van der Waals surface area contributed by atoms with E-state index in [-0.39, 0.29) is 10.3 Å². The Hall–Kier alpha value is 1.04. The fraction of sp³-hybridized carbons (Fsp3) is 1.00. The van der Waals surface area contributed by atoms with Gasteiger partial charge < -0.3 is 5.32 Å². The van der Waals surface area contributed by atoms with E-state index in [9.17, 15) is 0 Å². The topological polar surface area (TPSA) is 12.0 Å². The summed E-state index contributed by atoms with van der Waals surface area (Å²) in [5.74, 6) is 0. The summed E-state index contributed by atoms with van der Waals surface area (Å²) >= 11 is 7.15. The fourth-order valence-corrected chi connectivity index (χ4v) is 2.74. The summed E-state index contributed by atoms with van der Waals surface area (Å²) in [6.07, 6.45) is 2.25. The zero-order chi connectivity index (χ0) is 9.83. The Morgan fingerprint density at radius 1 is 1.42 bits per heavy atom. The third kappa shape index (κ3) is 2.77. The van der Waals surface area contributed by atoms with Crippen LogP contribution in [-0.2, 0) is 0 Å². The number of thiol groups is 1. The Morgan fingerprint density at radius 3 is 2.17 bits per heavy atom. The first-order valence-electron chi connectivity index (χ1n) is 4.41. The Balaban J connectivity index is 4.49. The lowest BCUT2D eigenvalue weighted by Crippen LogP contribution is -2.50. The molecule has 12 heavy (non-hydrogen) atoms. The summed E-state index contributed by atoms with van der Waals surface area (Å²) in [4.78, 5) is -0.0249. The molecule has 0 radical (unpaired) electrons. The second kappa shape index (κ2) is 5.05. The van der Waals surface area contributed by atoms with Gasteiger partial charge in [0.25, 0.3) is 0 Å². The van der Waals surface area contributed by atoms with E-state index in [4.69, 9.17) is 12.6 Å². The maximum absolute atomic E-state index is 4.74. The Labute approximate surface area is 95.6 Å². The summed E-state index contributed by atoms with van der Waals surface area (Å²) in [6.45, 7) is 6.75. The molecule has 1 unspecified atom stereocenters. The lowest BCUT2D eigenvalue weighted by Gasteiger charge is -2.42. The highest BCUT2D eigenvalue weighted by Gasteiger charge is 2.38. The van der Waals surface area contributed by atoms with Crippen molar-refractivity contribution in [2.75, 3.05) is 11.5 Å². The molecular weight excluding hydrogens is 281 g/mol. The molecule has 0 bridgehead atoms. The number of nitrogens with one attached hydrogen (secondary N) is 1. The quantitative estimate of drug-likeness (QED) is 0.344. The van der Waals surface area contributed by atoms with Gasteiger partial charge in [-0.3, -0.25) is 0 Å². The standard InChI is InChI=1S/C9H20INS/c1-5-8(2,3)9(12,11-4)6-7-10/h11-12H,5-7H2,1-4H3. The van der Waals surface area contributed by atoms with E-state index < -0.39 is 0 Å². The zero-order valence-corrected chi connectivity index (χ0v) is 11.5. The third-order valence-corrected chi connectivity index (χ3v) is 4.47. The van der Waals surface area contributed by atoms with Crippen LogP contribution in [0.15, 0.2) is 0 Å². The molecule has 0 saturated heterocycles. The van der Waals surface area contributed by atoms with Crippen LogP contribution in [0.5, 0.6) is 0 Å². The summed E-state index contributed by atoms with van der Waals surface area (Å²) in [7, 11) is 2.00. The molecule has 0 amide bonds. The lowest BCUT2D eigenvalue weighted by atomic mass is 9.80. The van der Waals surface area contributed by atoms with Gasteiger partial charge in [-0.05, 0) is 25.3 Å². The van der Waals surface area contributed by atoms with Crippen molar-refractivity contribution in [3.63, 3.8) is 0 Å². The van der Waals surface area contributed by atoms with Gasteiger partial charge in [-0.2, -0.15) is 12.6 Å². The molecule has 3 heteroatoms. The van der Waals surface area contributed by atoms with Crippen molar-refractivity contribution < 1.29 is 0 Å². The number of hydrogen-bond acceptors (Lipinski definition) is 2. The SMILES string of the molecule is CCC(C)(C)C(S)(CCI)NC. The molecule has 0 aromatic rings. The molecular formula is C9H20INS. The molecule has 0 saturated carbocycles. The van der Waals surface area contributed by atoms with Crippen LogP contribution in [0.4, 0.5) is 0 Å². The van der Waals surface area contributed by atoms with E-state index >= 15 is 0 Å². The Bertz CT molecular complexity index is 138. The summed E-state index contributed by atoms with van der Waals surface area (Å²) in [5.41, 5.74) is 0.246. The second-order valence-electron chi connectivity index (χ2n) is 3.79.